The number of rotatable bonds is 4. The van der Waals surface area contributed by atoms with Gasteiger partial charge in [-0.1, -0.05) is 0 Å². The van der Waals surface area contributed by atoms with Gasteiger partial charge in [-0.2, -0.15) is 0 Å². The molecule has 0 aliphatic carbocycles. The van der Waals surface area contributed by atoms with Gasteiger partial charge in [-0.3, -0.25) is 0 Å². The van der Waals surface area contributed by atoms with Crippen molar-refractivity contribution in [1.82, 2.24) is 16.0 Å². The fraction of sp³-hybridized carbons (Fsp3) is 1.00. The second kappa shape index (κ2) is 3.88. The summed E-state index contributed by atoms with van der Waals surface area (Å²) >= 11 is 0. The minimum absolute atomic E-state index is 0.0949. The molecule has 0 saturated heterocycles. The second-order valence-electron chi connectivity index (χ2n) is 2.47. The Labute approximate surface area is 62.6 Å². The summed E-state index contributed by atoms with van der Waals surface area (Å²) in [6.45, 7) is 1.99. The lowest BCUT2D eigenvalue weighted by molar-refractivity contribution is 0.242. The maximum atomic E-state index is 5.74. The summed E-state index contributed by atoms with van der Waals surface area (Å²) in [5, 5.41) is 9.12. The molecule has 0 heterocycles. The molecular formula is C6H18N4. The zero-order chi connectivity index (χ0) is 8.20. The lowest BCUT2D eigenvalue weighted by Gasteiger charge is -2.34. The van der Waals surface area contributed by atoms with Gasteiger partial charge in [0.2, 0.25) is 0 Å². The molecule has 62 valence electrons. The summed E-state index contributed by atoms with van der Waals surface area (Å²) in [6, 6.07) is 0. The van der Waals surface area contributed by atoms with E-state index in [4.69, 9.17) is 5.73 Å². The molecule has 0 saturated carbocycles. The minimum atomic E-state index is -0.241. The van der Waals surface area contributed by atoms with Crippen molar-refractivity contribution in [1.29, 1.82) is 0 Å². The first-order chi connectivity index (χ1) is 4.60. The lowest BCUT2D eigenvalue weighted by atomic mass is 10.1. The third-order valence-electron chi connectivity index (χ3n) is 1.97. The van der Waals surface area contributed by atoms with E-state index in [1.54, 1.807) is 0 Å². The van der Waals surface area contributed by atoms with Crippen LogP contribution in [0.4, 0.5) is 0 Å². The average Bonchev–Trinajstić information content (AvgIpc) is 2.01. The SMILES string of the molecule is CNC(N)C(C)(NC)NC. The van der Waals surface area contributed by atoms with Gasteiger partial charge in [0, 0.05) is 0 Å². The fourth-order valence-electron chi connectivity index (χ4n) is 0.725. The first kappa shape index (κ1) is 9.84. The van der Waals surface area contributed by atoms with Crippen LogP contribution in [0.5, 0.6) is 0 Å². The molecule has 1 unspecified atom stereocenters. The summed E-state index contributed by atoms with van der Waals surface area (Å²) in [5.74, 6) is 0. The highest BCUT2D eigenvalue weighted by molar-refractivity contribution is 4.85. The Hall–Kier alpha value is -0.160. The van der Waals surface area contributed by atoms with Crippen LogP contribution in [-0.2, 0) is 0 Å². The van der Waals surface area contributed by atoms with Crippen LogP contribution in [0.25, 0.3) is 0 Å². The van der Waals surface area contributed by atoms with Crippen LogP contribution in [0.3, 0.4) is 0 Å². The Kier molecular flexibility index (Phi) is 3.81. The molecule has 4 heteroatoms. The average molecular weight is 146 g/mol. The topological polar surface area (TPSA) is 62.1 Å². The third kappa shape index (κ3) is 1.91. The van der Waals surface area contributed by atoms with E-state index < -0.39 is 0 Å². The molecule has 4 nitrogen and oxygen atoms in total. The van der Waals surface area contributed by atoms with Crippen molar-refractivity contribution in [3.05, 3.63) is 0 Å². The van der Waals surface area contributed by atoms with Crippen molar-refractivity contribution in [2.75, 3.05) is 21.1 Å². The van der Waals surface area contributed by atoms with Gasteiger partial charge in [0.05, 0.1) is 11.8 Å². The fourth-order valence-corrected chi connectivity index (χ4v) is 0.725. The van der Waals surface area contributed by atoms with Gasteiger partial charge in [0.15, 0.2) is 0 Å². The van der Waals surface area contributed by atoms with Crippen molar-refractivity contribution in [2.45, 2.75) is 18.8 Å². The van der Waals surface area contributed by atoms with E-state index in [1.807, 2.05) is 28.1 Å². The highest BCUT2D eigenvalue weighted by Crippen LogP contribution is 1.97. The zero-order valence-corrected chi connectivity index (χ0v) is 7.15. The van der Waals surface area contributed by atoms with Crippen LogP contribution >= 0.6 is 0 Å². The molecule has 1 atom stereocenters. The van der Waals surface area contributed by atoms with Crippen LogP contribution < -0.4 is 21.7 Å². The van der Waals surface area contributed by atoms with Crippen LogP contribution in [-0.4, -0.2) is 33.0 Å². The summed E-state index contributed by atoms with van der Waals surface area (Å²) in [6.07, 6.45) is -0.0949. The molecule has 5 N–H and O–H groups in total. The summed E-state index contributed by atoms with van der Waals surface area (Å²) in [5.41, 5.74) is 5.50. The molecular weight excluding hydrogens is 128 g/mol. The maximum Gasteiger partial charge on any atom is 0.0944 e. The van der Waals surface area contributed by atoms with Crippen LogP contribution in [0, 0.1) is 0 Å². The molecule has 0 fully saturated rings. The van der Waals surface area contributed by atoms with E-state index >= 15 is 0 Å². The third-order valence-corrected chi connectivity index (χ3v) is 1.97. The number of hydrogen-bond acceptors (Lipinski definition) is 4. The Morgan fingerprint density at radius 3 is 1.70 bits per heavy atom. The molecule has 0 rings (SSSR count). The zero-order valence-electron chi connectivity index (χ0n) is 7.15. The van der Waals surface area contributed by atoms with Gasteiger partial charge >= 0.3 is 0 Å². The lowest BCUT2D eigenvalue weighted by Crippen LogP contribution is -2.67. The van der Waals surface area contributed by atoms with Gasteiger partial charge < -0.3 is 21.7 Å². The molecule has 10 heavy (non-hydrogen) atoms. The normalized spacial score (nSPS) is 15.3. The molecule has 0 aromatic rings. The Balaban J connectivity index is 4.02. The van der Waals surface area contributed by atoms with Gasteiger partial charge in [0.1, 0.15) is 0 Å². The molecule has 0 amide bonds. The molecule has 0 aliphatic rings. The van der Waals surface area contributed by atoms with Crippen LogP contribution in [0.2, 0.25) is 0 Å². The van der Waals surface area contributed by atoms with Crippen molar-refractivity contribution < 1.29 is 0 Å². The second-order valence-corrected chi connectivity index (χ2v) is 2.47. The van der Waals surface area contributed by atoms with Gasteiger partial charge in [-0.15, -0.1) is 0 Å². The van der Waals surface area contributed by atoms with Crippen LogP contribution in [0.15, 0.2) is 0 Å². The standard InChI is InChI=1S/C6H18N4/c1-6(9-3,10-4)5(7)8-2/h5,8-10H,7H2,1-4H3. The highest BCUT2D eigenvalue weighted by atomic mass is 15.2. The molecule has 0 aromatic heterocycles. The van der Waals surface area contributed by atoms with E-state index in [9.17, 15) is 0 Å². The van der Waals surface area contributed by atoms with Crippen LogP contribution in [0.1, 0.15) is 6.92 Å². The first-order valence-corrected chi connectivity index (χ1v) is 3.41. The number of nitrogens with two attached hydrogens (primary N) is 1. The van der Waals surface area contributed by atoms with E-state index in [0.29, 0.717) is 0 Å². The molecule has 0 aromatic carbocycles. The largest absolute Gasteiger partial charge is 0.313 e. The quantitative estimate of drug-likeness (QED) is 0.370. The predicted octanol–water partition coefficient (Wildman–Crippen LogP) is -1.35. The molecule has 0 spiro atoms. The van der Waals surface area contributed by atoms with Gasteiger partial charge in [-0.25, -0.2) is 0 Å². The van der Waals surface area contributed by atoms with Crippen molar-refractivity contribution in [2.24, 2.45) is 5.73 Å². The summed E-state index contributed by atoms with van der Waals surface area (Å²) in [4.78, 5) is 0. The summed E-state index contributed by atoms with van der Waals surface area (Å²) < 4.78 is 0. The van der Waals surface area contributed by atoms with Crippen molar-refractivity contribution in [3.63, 3.8) is 0 Å². The van der Waals surface area contributed by atoms with Gasteiger partial charge in [-0.05, 0) is 28.1 Å². The monoisotopic (exact) mass is 146 g/mol. The number of hydrogen-bond donors (Lipinski definition) is 4. The minimum Gasteiger partial charge on any atom is -0.313 e. The van der Waals surface area contributed by atoms with E-state index in [-0.39, 0.29) is 11.8 Å². The molecule has 0 bridgehead atoms. The van der Waals surface area contributed by atoms with E-state index in [1.165, 1.54) is 0 Å². The van der Waals surface area contributed by atoms with Gasteiger partial charge in [0.25, 0.3) is 0 Å². The Morgan fingerprint density at radius 2 is 1.60 bits per heavy atom. The highest BCUT2D eigenvalue weighted by Gasteiger charge is 2.25. The predicted molar refractivity (Wildman–Crippen MR) is 43.6 cm³/mol. The summed E-state index contributed by atoms with van der Waals surface area (Å²) in [7, 11) is 5.57. The van der Waals surface area contributed by atoms with Crippen molar-refractivity contribution >= 4 is 0 Å². The number of nitrogens with one attached hydrogen (secondary N) is 3. The molecule has 0 aliphatic heterocycles. The van der Waals surface area contributed by atoms with Crippen molar-refractivity contribution in [3.8, 4) is 0 Å². The Morgan fingerprint density at radius 1 is 1.20 bits per heavy atom. The van der Waals surface area contributed by atoms with E-state index in [2.05, 4.69) is 16.0 Å². The van der Waals surface area contributed by atoms with E-state index in [0.717, 1.165) is 0 Å². The first-order valence-electron chi connectivity index (χ1n) is 3.41. The number of likely N-dealkylation sites (N-methyl/N-ethyl adjacent to an activating group) is 3. The molecule has 0 radical (unpaired) electrons. The maximum absolute atomic E-state index is 5.74. The smallest absolute Gasteiger partial charge is 0.0944 e. The Bertz CT molecular complexity index is 89.7.